The summed E-state index contributed by atoms with van der Waals surface area (Å²) >= 11 is 1.55. The van der Waals surface area contributed by atoms with Gasteiger partial charge in [-0.25, -0.2) is 4.39 Å². The molecule has 94 valence electrons. The molecule has 0 aliphatic carbocycles. The van der Waals surface area contributed by atoms with Crippen molar-refractivity contribution in [2.75, 3.05) is 5.43 Å². The van der Waals surface area contributed by atoms with Crippen LogP contribution in [-0.4, -0.2) is 5.91 Å². The van der Waals surface area contributed by atoms with Gasteiger partial charge in [-0.1, -0.05) is 6.07 Å². The highest BCUT2D eigenvalue weighted by Gasteiger charge is 2.13. The number of hydrogen-bond donors (Lipinski definition) is 3. The molecule has 6 heteroatoms. The van der Waals surface area contributed by atoms with Crippen LogP contribution in [0.3, 0.4) is 0 Å². The van der Waals surface area contributed by atoms with Crippen molar-refractivity contribution < 1.29 is 9.18 Å². The number of nitrogens with two attached hydrogens (primary N) is 1. The summed E-state index contributed by atoms with van der Waals surface area (Å²) in [5.74, 6) is 4.29. The van der Waals surface area contributed by atoms with Crippen molar-refractivity contribution in [2.45, 2.75) is 6.54 Å². The molecule has 0 fully saturated rings. The Morgan fingerprint density at radius 3 is 2.89 bits per heavy atom. The van der Waals surface area contributed by atoms with Gasteiger partial charge in [0.05, 0.1) is 11.3 Å². The van der Waals surface area contributed by atoms with Gasteiger partial charge in [-0.15, -0.1) is 0 Å². The highest BCUT2D eigenvalue weighted by Crippen LogP contribution is 2.18. The second-order valence-corrected chi connectivity index (χ2v) is 4.40. The number of carbonyl (C=O) groups is 1. The quantitative estimate of drug-likeness (QED) is 0.586. The summed E-state index contributed by atoms with van der Waals surface area (Å²) in [6.45, 7) is 0.406. The van der Waals surface area contributed by atoms with Crippen LogP contribution in [-0.2, 0) is 6.54 Å². The van der Waals surface area contributed by atoms with E-state index in [1.165, 1.54) is 18.2 Å². The van der Waals surface area contributed by atoms with E-state index in [9.17, 15) is 9.18 Å². The van der Waals surface area contributed by atoms with Gasteiger partial charge in [0.15, 0.2) is 0 Å². The number of benzene rings is 1. The number of halogens is 1. The molecule has 2 rings (SSSR count). The average molecular weight is 265 g/mol. The molecule has 0 aliphatic heterocycles. The highest BCUT2D eigenvalue weighted by molar-refractivity contribution is 7.07. The van der Waals surface area contributed by atoms with E-state index in [0.29, 0.717) is 6.54 Å². The molecular weight excluding hydrogens is 253 g/mol. The van der Waals surface area contributed by atoms with Crippen LogP contribution >= 0.6 is 11.3 Å². The number of nitrogen functional groups attached to an aromatic ring is 1. The lowest BCUT2D eigenvalue weighted by Gasteiger charge is -2.09. The first-order valence-corrected chi connectivity index (χ1v) is 6.21. The standard InChI is InChI=1S/C12H12FN3OS/c13-10-3-1-2-9(11(10)16-14)12(17)15-6-8-4-5-18-7-8/h1-5,7,16H,6,14H2,(H,15,17). The Bertz CT molecular complexity index is 542. The number of thiophene rings is 1. The number of para-hydroxylation sites is 1. The summed E-state index contributed by atoms with van der Waals surface area (Å²) in [6, 6.07) is 6.14. The van der Waals surface area contributed by atoms with Gasteiger partial charge < -0.3 is 10.7 Å². The van der Waals surface area contributed by atoms with Crippen molar-refractivity contribution >= 4 is 22.9 Å². The van der Waals surface area contributed by atoms with Crippen molar-refractivity contribution in [3.8, 4) is 0 Å². The summed E-state index contributed by atoms with van der Waals surface area (Å²) in [5, 5.41) is 6.57. The Balaban J connectivity index is 2.11. The minimum Gasteiger partial charge on any atom is -0.348 e. The predicted octanol–water partition coefficient (Wildman–Crippen LogP) is 2.10. The van der Waals surface area contributed by atoms with Gasteiger partial charge in [0.2, 0.25) is 0 Å². The number of nitrogens with one attached hydrogen (secondary N) is 2. The fourth-order valence-electron chi connectivity index (χ4n) is 1.53. The second kappa shape index (κ2) is 5.61. The minimum absolute atomic E-state index is 0.000295. The molecule has 4 nitrogen and oxygen atoms in total. The van der Waals surface area contributed by atoms with Crippen LogP contribution in [0.25, 0.3) is 0 Å². The Hall–Kier alpha value is -1.92. The van der Waals surface area contributed by atoms with E-state index in [1.807, 2.05) is 16.8 Å². The number of hydrogen-bond acceptors (Lipinski definition) is 4. The van der Waals surface area contributed by atoms with E-state index in [1.54, 1.807) is 11.3 Å². The lowest BCUT2D eigenvalue weighted by molar-refractivity contribution is 0.0951. The Labute approximate surface area is 108 Å². The van der Waals surface area contributed by atoms with Crippen LogP contribution in [0.15, 0.2) is 35.0 Å². The number of amides is 1. The first-order chi connectivity index (χ1) is 8.72. The van der Waals surface area contributed by atoms with Crippen molar-refractivity contribution in [1.82, 2.24) is 5.32 Å². The van der Waals surface area contributed by atoms with E-state index in [0.717, 1.165) is 5.56 Å². The zero-order valence-corrected chi connectivity index (χ0v) is 10.3. The molecule has 0 aliphatic rings. The Morgan fingerprint density at radius 2 is 2.22 bits per heavy atom. The fourth-order valence-corrected chi connectivity index (χ4v) is 2.20. The lowest BCUT2D eigenvalue weighted by atomic mass is 10.1. The lowest BCUT2D eigenvalue weighted by Crippen LogP contribution is -2.25. The smallest absolute Gasteiger partial charge is 0.253 e. The van der Waals surface area contributed by atoms with E-state index < -0.39 is 5.82 Å². The largest absolute Gasteiger partial charge is 0.348 e. The van der Waals surface area contributed by atoms with Gasteiger partial charge in [0.25, 0.3) is 5.91 Å². The second-order valence-electron chi connectivity index (χ2n) is 3.62. The van der Waals surface area contributed by atoms with Crippen LogP contribution in [0.2, 0.25) is 0 Å². The molecule has 2 aromatic rings. The molecule has 1 aromatic carbocycles. The minimum atomic E-state index is -0.555. The molecule has 0 bridgehead atoms. The van der Waals surface area contributed by atoms with Crippen LogP contribution < -0.4 is 16.6 Å². The number of carbonyl (C=O) groups excluding carboxylic acids is 1. The molecule has 0 atom stereocenters. The summed E-state index contributed by atoms with van der Waals surface area (Å²) in [4.78, 5) is 11.9. The number of rotatable bonds is 4. The van der Waals surface area contributed by atoms with Crippen molar-refractivity contribution in [2.24, 2.45) is 5.84 Å². The molecule has 0 radical (unpaired) electrons. The van der Waals surface area contributed by atoms with Crippen LogP contribution in [0.4, 0.5) is 10.1 Å². The summed E-state index contributed by atoms with van der Waals surface area (Å²) in [7, 11) is 0. The Kier molecular flexibility index (Phi) is 3.91. The zero-order valence-electron chi connectivity index (χ0n) is 9.44. The SMILES string of the molecule is NNc1c(F)cccc1C(=O)NCc1ccsc1. The third-order valence-corrected chi connectivity index (χ3v) is 3.17. The van der Waals surface area contributed by atoms with Crippen LogP contribution in [0.5, 0.6) is 0 Å². The molecule has 1 heterocycles. The predicted molar refractivity (Wildman–Crippen MR) is 69.7 cm³/mol. The molecule has 4 N–H and O–H groups in total. The summed E-state index contributed by atoms with van der Waals surface area (Å²) in [5.41, 5.74) is 3.40. The maximum atomic E-state index is 13.4. The normalized spacial score (nSPS) is 10.1. The van der Waals surface area contributed by atoms with Crippen molar-refractivity contribution in [3.05, 3.63) is 52.0 Å². The molecule has 1 amide bonds. The van der Waals surface area contributed by atoms with Crippen LogP contribution in [0.1, 0.15) is 15.9 Å². The molecular formula is C12H12FN3OS. The molecule has 0 unspecified atom stereocenters. The molecule has 0 saturated carbocycles. The zero-order chi connectivity index (χ0) is 13.0. The maximum absolute atomic E-state index is 13.4. The van der Waals surface area contributed by atoms with Gasteiger partial charge in [-0.3, -0.25) is 10.6 Å². The van der Waals surface area contributed by atoms with Gasteiger partial charge in [-0.2, -0.15) is 11.3 Å². The van der Waals surface area contributed by atoms with Crippen molar-refractivity contribution in [1.29, 1.82) is 0 Å². The van der Waals surface area contributed by atoms with Gasteiger partial charge >= 0.3 is 0 Å². The molecule has 1 aromatic heterocycles. The first-order valence-electron chi connectivity index (χ1n) is 5.26. The van der Waals surface area contributed by atoms with Crippen molar-refractivity contribution in [3.63, 3.8) is 0 Å². The topological polar surface area (TPSA) is 67.1 Å². The van der Waals surface area contributed by atoms with E-state index >= 15 is 0 Å². The van der Waals surface area contributed by atoms with Gasteiger partial charge in [0, 0.05) is 6.54 Å². The average Bonchev–Trinajstić information content (AvgIpc) is 2.88. The highest BCUT2D eigenvalue weighted by atomic mass is 32.1. The Morgan fingerprint density at radius 1 is 1.39 bits per heavy atom. The van der Waals surface area contributed by atoms with E-state index in [2.05, 4.69) is 10.7 Å². The summed E-state index contributed by atoms with van der Waals surface area (Å²) < 4.78 is 13.4. The third kappa shape index (κ3) is 2.66. The van der Waals surface area contributed by atoms with Gasteiger partial charge in [0.1, 0.15) is 5.82 Å². The summed E-state index contributed by atoms with van der Waals surface area (Å²) in [6.07, 6.45) is 0. The van der Waals surface area contributed by atoms with E-state index in [-0.39, 0.29) is 17.2 Å². The van der Waals surface area contributed by atoms with Gasteiger partial charge in [-0.05, 0) is 34.5 Å². The first kappa shape index (κ1) is 12.5. The van der Waals surface area contributed by atoms with Crippen LogP contribution in [0, 0.1) is 5.82 Å². The molecule has 0 spiro atoms. The molecule has 0 saturated heterocycles. The third-order valence-electron chi connectivity index (χ3n) is 2.44. The number of anilines is 1. The molecule has 18 heavy (non-hydrogen) atoms. The maximum Gasteiger partial charge on any atom is 0.253 e. The number of hydrazine groups is 1. The fraction of sp³-hybridized carbons (Fsp3) is 0.0833. The monoisotopic (exact) mass is 265 g/mol. The van der Waals surface area contributed by atoms with E-state index in [4.69, 9.17) is 5.84 Å².